The van der Waals surface area contributed by atoms with Crippen LogP contribution in [0.5, 0.6) is 0 Å². The molecule has 0 atom stereocenters. The molecule has 2 aromatic rings. The summed E-state index contributed by atoms with van der Waals surface area (Å²) in [6.07, 6.45) is 4.73. The lowest BCUT2D eigenvalue weighted by molar-refractivity contribution is -0.115. The van der Waals surface area contributed by atoms with Crippen molar-refractivity contribution >= 4 is 23.2 Å². The predicted octanol–water partition coefficient (Wildman–Crippen LogP) is 4.00. The average molecular weight is 380 g/mol. The van der Waals surface area contributed by atoms with Gasteiger partial charge in [-0.1, -0.05) is 37.3 Å². The number of carbonyl (C=O) groups is 2. The van der Waals surface area contributed by atoms with Gasteiger partial charge < -0.3 is 15.5 Å². The molecular formula is C23H29N3O2. The Bertz CT molecular complexity index is 799. The van der Waals surface area contributed by atoms with Crippen LogP contribution in [0, 0.1) is 0 Å². The molecule has 2 N–H and O–H groups in total. The summed E-state index contributed by atoms with van der Waals surface area (Å²) in [5, 5.41) is 5.90. The number of nitrogens with zero attached hydrogens (tertiary/aromatic N) is 1. The van der Waals surface area contributed by atoms with E-state index in [1.54, 1.807) is 6.07 Å². The molecule has 5 nitrogen and oxygen atoms in total. The molecule has 1 saturated heterocycles. The van der Waals surface area contributed by atoms with E-state index in [4.69, 9.17) is 0 Å². The summed E-state index contributed by atoms with van der Waals surface area (Å²) in [5.74, 6) is -0.168. The molecule has 5 heteroatoms. The Morgan fingerprint density at radius 2 is 1.75 bits per heavy atom. The van der Waals surface area contributed by atoms with Crippen LogP contribution >= 0.6 is 0 Å². The van der Waals surface area contributed by atoms with Gasteiger partial charge in [0, 0.05) is 31.0 Å². The zero-order valence-electron chi connectivity index (χ0n) is 16.5. The van der Waals surface area contributed by atoms with Crippen LogP contribution in [0.4, 0.5) is 11.4 Å². The van der Waals surface area contributed by atoms with E-state index in [9.17, 15) is 9.59 Å². The summed E-state index contributed by atoms with van der Waals surface area (Å²) in [4.78, 5) is 27.4. The second-order valence-electron chi connectivity index (χ2n) is 7.25. The first kappa shape index (κ1) is 19.9. The highest BCUT2D eigenvalue weighted by atomic mass is 16.2. The molecular weight excluding hydrogens is 350 g/mol. The van der Waals surface area contributed by atoms with Crippen LogP contribution in [-0.4, -0.2) is 31.4 Å². The number of rotatable bonds is 7. The zero-order chi connectivity index (χ0) is 19.8. The lowest BCUT2D eigenvalue weighted by atomic mass is 10.1. The number of hydrogen-bond donors (Lipinski definition) is 2. The average Bonchev–Trinajstić information content (AvgIpc) is 2.73. The number of nitrogens with one attached hydrogen (secondary N) is 2. The second kappa shape index (κ2) is 9.93. The Balaban J connectivity index is 1.77. The molecule has 1 aliphatic heterocycles. The number of hydrogen-bond acceptors (Lipinski definition) is 3. The molecule has 148 valence electrons. The van der Waals surface area contributed by atoms with Crippen molar-refractivity contribution in [3.8, 4) is 0 Å². The van der Waals surface area contributed by atoms with Gasteiger partial charge in [-0.3, -0.25) is 9.59 Å². The quantitative estimate of drug-likeness (QED) is 0.764. The molecule has 3 rings (SSSR count). The third-order valence-electron chi connectivity index (χ3n) is 4.96. The molecule has 0 bridgehead atoms. The van der Waals surface area contributed by atoms with E-state index in [0.717, 1.165) is 43.6 Å². The Kier molecular flexibility index (Phi) is 7.06. The van der Waals surface area contributed by atoms with Gasteiger partial charge >= 0.3 is 0 Å². The number of benzene rings is 2. The highest BCUT2D eigenvalue weighted by molar-refractivity contribution is 6.02. The van der Waals surface area contributed by atoms with E-state index in [-0.39, 0.29) is 11.8 Å². The van der Waals surface area contributed by atoms with Crippen LogP contribution in [0.1, 0.15) is 48.5 Å². The zero-order valence-corrected chi connectivity index (χ0v) is 16.5. The largest absolute Gasteiger partial charge is 0.371 e. The van der Waals surface area contributed by atoms with Gasteiger partial charge in [0.2, 0.25) is 5.91 Å². The van der Waals surface area contributed by atoms with Crippen molar-refractivity contribution in [1.82, 2.24) is 5.32 Å². The Hall–Kier alpha value is -2.82. The highest BCUT2D eigenvalue weighted by Crippen LogP contribution is 2.27. The maximum atomic E-state index is 12.7. The third kappa shape index (κ3) is 5.35. The first-order valence-electron chi connectivity index (χ1n) is 10.2. The van der Waals surface area contributed by atoms with Crippen LogP contribution in [-0.2, 0) is 11.2 Å². The van der Waals surface area contributed by atoms with Gasteiger partial charge in [-0.05, 0) is 49.4 Å². The van der Waals surface area contributed by atoms with E-state index in [1.807, 2.05) is 49.4 Å². The first-order chi connectivity index (χ1) is 13.7. The van der Waals surface area contributed by atoms with Gasteiger partial charge in [-0.15, -0.1) is 0 Å². The monoisotopic (exact) mass is 379 g/mol. The van der Waals surface area contributed by atoms with Gasteiger partial charge in [0.15, 0.2) is 0 Å². The Labute approximate surface area is 167 Å². The molecule has 0 aromatic heterocycles. The molecule has 0 spiro atoms. The minimum absolute atomic E-state index is 0.0819. The third-order valence-corrected chi connectivity index (χ3v) is 4.96. The van der Waals surface area contributed by atoms with Crippen molar-refractivity contribution in [3.05, 3.63) is 59.7 Å². The Morgan fingerprint density at radius 1 is 1.00 bits per heavy atom. The lowest BCUT2D eigenvalue weighted by Gasteiger charge is -2.30. The van der Waals surface area contributed by atoms with Crippen LogP contribution in [0.15, 0.2) is 48.5 Å². The van der Waals surface area contributed by atoms with Crippen molar-refractivity contribution in [2.45, 2.75) is 39.0 Å². The van der Waals surface area contributed by atoms with Gasteiger partial charge in [0.25, 0.3) is 5.91 Å². The second-order valence-corrected chi connectivity index (χ2v) is 7.25. The SMILES string of the molecule is CCCNC(=O)c1cc(NC(=O)Cc2ccccc2)ccc1N1CCCCC1. The van der Waals surface area contributed by atoms with Gasteiger partial charge in [-0.25, -0.2) is 0 Å². The summed E-state index contributed by atoms with van der Waals surface area (Å²) in [5.41, 5.74) is 3.21. The van der Waals surface area contributed by atoms with Crippen LogP contribution in [0.25, 0.3) is 0 Å². The van der Waals surface area contributed by atoms with Crippen molar-refractivity contribution in [1.29, 1.82) is 0 Å². The normalized spacial score (nSPS) is 13.8. The number of anilines is 2. The summed E-state index contributed by atoms with van der Waals surface area (Å²) in [6.45, 7) is 4.61. The molecule has 2 amide bonds. The summed E-state index contributed by atoms with van der Waals surface area (Å²) < 4.78 is 0. The maximum absolute atomic E-state index is 12.7. The minimum Gasteiger partial charge on any atom is -0.371 e. The van der Waals surface area contributed by atoms with Crippen molar-refractivity contribution in [3.63, 3.8) is 0 Å². The molecule has 1 heterocycles. The summed E-state index contributed by atoms with van der Waals surface area (Å²) in [6, 6.07) is 15.3. The fourth-order valence-corrected chi connectivity index (χ4v) is 3.53. The summed E-state index contributed by atoms with van der Waals surface area (Å²) in [7, 11) is 0. The van der Waals surface area contributed by atoms with E-state index >= 15 is 0 Å². The molecule has 2 aromatic carbocycles. The standard InChI is InChI=1S/C23H29N3O2/c1-2-13-24-23(28)20-17-19(11-12-21(20)26-14-7-4-8-15-26)25-22(27)16-18-9-5-3-6-10-18/h3,5-6,9-12,17H,2,4,7-8,13-16H2,1H3,(H,24,28)(H,25,27). The molecule has 0 aliphatic carbocycles. The maximum Gasteiger partial charge on any atom is 0.253 e. The topological polar surface area (TPSA) is 61.4 Å². The summed E-state index contributed by atoms with van der Waals surface area (Å²) >= 11 is 0. The predicted molar refractivity (Wildman–Crippen MR) is 114 cm³/mol. The van der Waals surface area contributed by atoms with E-state index in [2.05, 4.69) is 15.5 Å². The Morgan fingerprint density at radius 3 is 2.46 bits per heavy atom. The fraction of sp³-hybridized carbons (Fsp3) is 0.391. The van der Waals surface area contributed by atoms with Crippen molar-refractivity contribution < 1.29 is 9.59 Å². The van der Waals surface area contributed by atoms with Crippen molar-refractivity contribution in [2.24, 2.45) is 0 Å². The van der Waals surface area contributed by atoms with Gasteiger partial charge in [-0.2, -0.15) is 0 Å². The van der Waals surface area contributed by atoms with Crippen LogP contribution in [0.3, 0.4) is 0 Å². The van der Waals surface area contributed by atoms with Crippen molar-refractivity contribution in [2.75, 3.05) is 29.9 Å². The van der Waals surface area contributed by atoms with E-state index < -0.39 is 0 Å². The number of amides is 2. The molecule has 0 saturated carbocycles. The van der Waals surface area contributed by atoms with E-state index in [0.29, 0.717) is 24.2 Å². The number of piperidine rings is 1. The molecule has 28 heavy (non-hydrogen) atoms. The van der Waals surface area contributed by atoms with Crippen LogP contribution in [0.2, 0.25) is 0 Å². The molecule has 1 aliphatic rings. The molecule has 1 fully saturated rings. The molecule has 0 unspecified atom stereocenters. The van der Waals surface area contributed by atoms with Crippen LogP contribution < -0.4 is 15.5 Å². The fourth-order valence-electron chi connectivity index (χ4n) is 3.53. The van der Waals surface area contributed by atoms with Gasteiger partial charge in [0.1, 0.15) is 0 Å². The lowest BCUT2D eigenvalue weighted by Crippen LogP contribution is -2.33. The number of carbonyl (C=O) groups excluding carboxylic acids is 2. The molecule has 0 radical (unpaired) electrons. The smallest absolute Gasteiger partial charge is 0.253 e. The minimum atomic E-state index is -0.0863. The van der Waals surface area contributed by atoms with E-state index in [1.165, 1.54) is 6.42 Å². The van der Waals surface area contributed by atoms with Gasteiger partial charge in [0.05, 0.1) is 12.0 Å². The first-order valence-corrected chi connectivity index (χ1v) is 10.2. The highest BCUT2D eigenvalue weighted by Gasteiger charge is 2.19.